The van der Waals surface area contributed by atoms with Crippen LogP contribution >= 0.6 is 11.6 Å². The van der Waals surface area contributed by atoms with Crippen LogP contribution in [0.4, 0.5) is 0 Å². The number of fused-ring (bicyclic) bond motifs is 4. The first-order valence-electron chi connectivity index (χ1n) is 10.9. The molecule has 2 N–H and O–H groups in total. The van der Waals surface area contributed by atoms with Gasteiger partial charge >= 0.3 is 23.9 Å². The van der Waals surface area contributed by atoms with E-state index in [1.165, 1.54) is 19.1 Å². The summed E-state index contributed by atoms with van der Waals surface area (Å²) in [6, 6.07) is 6.19. The molecule has 2 bridgehead atoms. The summed E-state index contributed by atoms with van der Waals surface area (Å²) in [6.45, 7) is 2.82. The van der Waals surface area contributed by atoms with E-state index in [9.17, 15) is 19.2 Å². The van der Waals surface area contributed by atoms with Crippen LogP contribution in [0.1, 0.15) is 19.4 Å². The standard InChI is InChI=1S/C24H25ClN2O9/c1-4-34-23(31)21-17(13-33-12-11-26)27-14(2)20(22(30)32-3)24(21,15-7-5-6-8-16(15)25)35-18(28)9-10-19(29)36-27/h5-10H,4,11-13,26H2,1-3H3/b10-9-. The lowest BCUT2D eigenvalue weighted by atomic mass is 9.75. The van der Waals surface area contributed by atoms with Crippen molar-refractivity contribution in [2.45, 2.75) is 19.4 Å². The predicted molar refractivity (Wildman–Crippen MR) is 125 cm³/mol. The molecule has 3 aliphatic heterocycles. The van der Waals surface area contributed by atoms with Crippen LogP contribution in [0, 0.1) is 0 Å². The topological polar surface area (TPSA) is 144 Å². The number of carbonyl (C=O) groups excluding carboxylic acids is 4. The highest BCUT2D eigenvalue weighted by Crippen LogP contribution is 2.51. The van der Waals surface area contributed by atoms with E-state index in [-0.39, 0.29) is 59.5 Å². The number of hydroxylamine groups is 2. The number of hydrogen-bond acceptors (Lipinski definition) is 11. The Balaban J connectivity index is 2.54. The van der Waals surface area contributed by atoms with Gasteiger partial charge in [0.1, 0.15) is 11.1 Å². The second-order valence-corrected chi connectivity index (χ2v) is 7.86. The van der Waals surface area contributed by atoms with Gasteiger partial charge in [-0.1, -0.05) is 29.8 Å². The van der Waals surface area contributed by atoms with E-state index in [0.29, 0.717) is 0 Å². The van der Waals surface area contributed by atoms with Gasteiger partial charge in [-0.05, 0) is 19.9 Å². The van der Waals surface area contributed by atoms with Crippen molar-refractivity contribution in [2.24, 2.45) is 5.73 Å². The average molecular weight is 521 g/mol. The highest BCUT2D eigenvalue weighted by molar-refractivity contribution is 6.31. The Hall–Kier alpha value is -3.67. The third-order valence-corrected chi connectivity index (χ3v) is 5.65. The summed E-state index contributed by atoms with van der Waals surface area (Å²) in [4.78, 5) is 57.8. The van der Waals surface area contributed by atoms with Crippen molar-refractivity contribution < 1.29 is 43.0 Å². The van der Waals surface area contributed by atoms with E-state index in [1.54, 1.807) is 19.1 Å². The maximum Gasteiger partial charge on any atom is 0.356 e. The summed E-state index contributed by atoms with van der Waals surface area (Å²) in [5.74, 6) is -4.01. The molecule has 1 atom stereocenters. The Bertz CT molecular complexity index is 1170. The van der Waals surface area contributed by atoms with Gasteiger partial charge < -0.3 is 29.5 Å². The Labute approximate surface area is 211 Å². The van der Waals surface area contributed by atoms with E-state index >= 15 is 0 Å². The molecule has 0 fully saturated rings. The summed E-state index contributed by atoms with van der Waals surface area (Å²) < 4.78 is 21.8. The van der Waals surface area contributed by atoms with Gasteiger partial charge in [0.25, 0.3) is 0 Å². The van der Waals surface area contributed by atoms with Gasteiger partial charge in [-0.3, -0.25) is 0 Å². The molecule has 1 unspecified atom stereocenters. The van der Waals surface area contributed by atoms with E-state index < -0.39 is 29.5 Å². The van der Waals surface area contributed by atoms with Crippen molar-refractivity contribution in [1.29, 1.82) is 0 Å². The second-order valence-electron chi connectivity index (χ2n) is 7.46. The molecular formula is C24H25ClN2O9. The van der Waals surface area contributed by atoms with Crippen LogP contribution in [0.25, 0.3) is 0 Å². The molecule has 1 aromatic carbocycles. The molecule has 0 amide bonds. The van der Waals surface area contributed by atoms with Crippen molar-refractivity contribution in [3.05, 3.63) is 69.5 Å². The number of carbonyl (C=O) groups is 4. The first kappa shape index (κ1) is 26.9. The molecule has 0 aliphatic carbocycles. The van der Waals surface area contributed by atoms with E-state index in [2.05, 4.69) is 0 Å². The van der Waals surface area contributed by atoms with Gasteiger partial charge in [0.15, 0.2) is 0 Å². The predicted octanol–water partition coefficient (Wildman–Crippen LogP) is 1.66. The number of methoxy groups -OCH3 is 1. The Kier molecular flexibility index (Phi) is 8.51. The quantitative estimate of drug-likeness (QED) is 0.303. The SMILES string of the molecule is CCOC(=O)C1=C(COCCN)N2OC(=O)/C=C\C(=O)OC1(c1ccccc1Cl)C(C(=O)OC)=C2C. The summed E-state index contributed by atoms with van der Waals surface area (Å²) in [5, 5.41) is 1.02. The third kappa shape index (κ3) is 4.85. The zero-order chi connectivity index (χ0) is 26.5. The Morgan fingerprint density at radius 3 is 2.44 bits per heavy atom. The fourth-order valence-corrected chi connectivity index (χ4v) is 4.24. The van der Waals surface area contributed by atoms with Gasteiger partial charge in [0.05, 0.1) is 38.3 Å². The molecule has 4 rings (SSSR count). The van der Waals surface area contributed by atoms with Crippen LogP contribution < -0.4 is 5.73 Å². The van der Waals surface area contributed by atoms with Crippen LogP contribution in [0.15, 0.2) is 59.0 Å². The number of halogens is 1. The van der Waals surface area contributed by atoms with Crippen LogP contribution in [-0.4, -0.2) is 62.4 Å². The van der Waals surface area contributed by atoms with Crippen molar-refractivity contribution in [3.8, 4) is 0 Å². The minimum atomic E-state index is -2.26. The molecular weight excluding hydrogens is 496 g/mol. The first-order valence-corrected chi connectivity index (χ1v) is 11.3. The first-order chi connectivity index (χ1) is 17.2. The molecule has 0 radical (unpaired) electrons. The molecule has 3 heterocycles. The molecule has 3 aliphatic rings. The number of esters is 3. The number of nitrogens with zero attached hydrogens (tertiary/aromatic N) is 1. The molecule has 192 valence electrons. The maximum absolute atomic E-state index is 13.6. The number of nitrogens with two attached hydrogens (primary N) is 1. The van der Waals surface area contributed by atoms with Crippen LogP contribution in [0.3, 0.4) is 0 Å². The molecule has 1 aromatic rings. The number of hydrogen-bond donors (Lipinski definition) is 1. The lowest BCUT2D eigenvalue weighted by Gasteiger charge is -2.44. The monoisotopic (exact) mass is 520 g/mol. The number of rotatable bonds is 8. The summed E-state index contributed by atoms with van der Waals surface area (Å²) in [7, 11) is 1.11. The second kappa shape index (κ2) is 11.4. The number of benzene rings is 1. The van der Waals surface area contributed by atoms with Crippen molar-refractivity contribution in [1.82, 2.24) is 5.06 Å². The van der Waals surface area contributed by atoms with Gasteiger partial charge in [0.2, 0.25) is 5.60 Å². The molecule has 0 spiro atoms. The van der Waals surface area contributed by atoms with Crippen molar-refractivity contribution in [2.75, 3.05) is 33.5 Å². The van der Waals surface area contributed by atoms with Gasteiger partial charge in [-0.2, -0.15) is 5.06 Å². The van der Waals surface area contributed by atoms with Gasteiger partial charge in [-0.15, -0.1) is 0 Å². The largest absolute Gasteiger partial charge is 0.465 e. The van der Waals surface area contributed by atoms with Crippen molar-refractivity contribution >= 4 is 35.5 Å². The number of allylic oxidation sites excluding steroid dienone is 1. The van der Waals surface area contributed by atoms with Gasteiger partial charge in [-0.25, -0.2) is 19.2 Å². The normalized spacial score (nSPS) is 20.6. The molecule has 11 nitrogen and oxygen atoms in total. The lowest BCUT2D eigenvalue weighted by molar-refractivity contribution is -0.177. The van der Waals surface area contributed by atoms with Crippen LogP contribution in [-0.2, 0) is 48.6 Å². The molecule has 12 heteroatoms. The highest BCUT2D eigenvalue weighted by atomic mass is 35.5. The lowest BCUT2D eigenvalue weighted by Crippen LogP contribution is -2.50. The number of ether oxygens (including phenoxy) is 4. The summed E-state index contributed by atoms with van der Waals surface area (Å²) in [5.41, 5.74) is 2.58. The van der Waals surface area contributed by atoms with E-state index in [4.69, 9.17) is 41.1 Å². The molecule has 0 saturated heterocycles. The Morgan fingerprint density at radius 1 is 1.11 bits per heavy atom. The third-order valence-electron chi connectivity index (χ3n) is 5.32. The summed E-state index contributed by atoms with van der Waals surface area (Å²) in [6.07, 6.45) is 1.65. The summed E-state index contributed by atoms with van der Waals surface area (Å²) >= 11 is 6.56. The van der Waals surface area contributed by atoms with Gasteiger partial charge in [0, 0.05) is 29.3 Å². The minimum absolute atomic E-state index is 0.0161. The van der Waals surface area contributed by atoms with E-state index in [1.807, 2.05) is 0 Å². The zero-order valence-corrected chi connectivity index (χ0v) is 20.6. The van der Waals surface area contributed by atoms with Crippen LogP contribution in [0.2, 0.25) is 5.02 Å². The highest BCUT2D eigenvalue weighted by Gasteiger charge is 2.58. The van der Waals surface area contributed by atoms with E-state index in [0.717, 1.165) is 24.3 Å². The molecule has 0 saturated carbocycles. The fourth-order valence-electron chi connectivity index (χ4n) is 3.97. The minimum Gasteiger partial charge on any atom is -0.465 e. The average Bonchev–Trinajstić information content (AvgIpc) is 2.84. The fraction of sp³-hybridized carbons (Fsp3) is 0.333. The molecule has 0 aromatic heterocycles. The zero-order valence-electron chi connectivity index (χ0n) is 19.9. The Morgan fingerprint density at radius 2 is 1.81 bits per heavy atom. The maximum atomic E-state index is 13.6. The smallest absolute Gasteiger partial charge is 0.356 e. The van der Waals surface area contributed by atoms with Crippen LogP contribution in [0.5, 0.6) is 0 Å². The van der Waals surface area contributed by atoms with Crippen molar-refractivity contribution in [3.63, 3.8) is 0 Å². The molecule has 36 heavy (non-hydrogen) atoms.